The molecule has 2 rings (SSSR count). The minimum atomic E-state index is -0.966. The molecule has 1 aliphatic carbocycles. The molecule has 3 heteroatoms. The van der Waals surface area contributed by atoms with E-state index in [9.17, 15) is 14.7 Å². The van der Waals surface area contributed by atoms with Gasteiger partial charge in [-0.3, -0.25) is 9.59 Å². The predicted octanol–water partition coefficient (Wildman–Crippen LogP) is 3.42. The van der Waals surface area contributed by atoms with Crippen molar-refractivity contribution in [2.24, 2.45) is 5.92 Å². The van der Waals surface area contributed by atoms with Crippen LogP contribution in [-0.4, -0.2) is 16.9 Å². The summed E-state index contributed by atoms with van der Waals surface area (Å²) in [5.74, 6) is -0.582. The SMILES string of the molecule is CC(C)(C(=O)O)c1cccc(C(=O)C2CCCC2)c1. The zero-order chi connectivity index (χ0) is 14.0. The molecular formula is C16H20O3. The summed E-state index contributed by atoms with van der Waals surface area (Å²) in [5, 5.41) is 9.25. The summed E-state index contributed by atoms with van der Waals surface area (Å²) < 4.78 is 0. The molecule has 3 nitrogen and oxygen atoms in total. The number of rotatable bonds is 4. The van der Waals surface area contributed by atoms with E-state index in [1.54, 1.807) is 38.1 Å². The molecule has 0 aromatic heterocycles. The van der Waals surface area contributed by atoms with Crippen LogP contribution in [0.5, 0.6) is 0 Å². The fourth-order valence-corrected chi connectivity index (χ4v) is 2.61. The monoisotopic (exact) mass is 260 g/mol. The predicted molar refractivity (Wildman–Crippen MR) is 73.4 cm³/mol. The van der Waals surface area contributed by atoms with E-state index in [0.29, 0.717) is 11.1 Å². The van der Waals surface area contributed by atoms with Crippen molar-refractivity contribution >= 4 is 11.8 Å². The molecule has 1 aromatic rings. The van der Waals surface area contributed by atoms with Crippen LogP contribution < -0.4 is 0 Å². The van der Waals surface area contributed by atoms with E-state index in [0.717, 1.165) is 25.7 Å². The van der Waals surface area contributed by atoms with Gasteiger partial charge in [0.25, 0.3) is 0 Å². The summed E-state index contributed by atoms with van der Waals surface area (Å²) in [6.07, 6.45) is 4.17. The van der Waals surface area contributed by atoms with Gasteiger partial charge in [0.15, 0.2) is 5.78 Å². The van der Waals surface area contributed by atoms with Gasteiger partial charge in [0.05, 0.1) is 5.41 Å². The summed E-state index contributed by atoms with van der Waals surface area (Å²) in [7, 11) is 0. The van der Waals surface area contributed by atoms with Crippen LogP contribution in [0.15, 0.2) is 24.3 Å². The molecule has 1 saturated carbocycles. The average Bonchev–Trinajstić information content (AvgIpc) is 2.91. The molecule has 102 valence electrons. The van der Waals surface area contributed by atoms with E-state index < -0.39 is 11.4 Å². The maximum absolute atomic E-state index is 12.3. The molecule has 0 radical (unpaired) electrons. The lowest BCUT2D eigenvalue weighted by Gasteiger charge is -2.20. The molecule has 1 aromatic carbocycles. The van der Waals surface area contributed by atoms with Crippen LogP contribution in [0.25, 0.3) is 0 Å². The molecule has 0 saturated heterocycles. The molecule has 0 amide bonds. The standard InChI is InChI=1S/C16H20O3/c1-16(2,15(18)19)13-9-5-8-12(10-13)14(17)11-6-3-4-7-11/h5,8-11H,3-4,6-7H2,1-2H3,(H,18,19). The Bertz CT molecular complexity index is 496. The summed E-state index contributed by atoms with van der Waals surface area (Å²) in [6, 6.07) is 7.10. The van der Waals surface area contributed by atoms with Crippen molar-refractivity contribution < 1.29 is 14.7 Å². The molecule has 0 spiro atoms. The summed E-state index contributed by atoms with van der Waals surface area (Å²) >= 11 is 0. The second-order valence-corrected chi connectivity index (χ2v) is 5.86. The summed E-state index contributed by atoms with van der Waals surface area (Å²) in [6.45, 7) is 3.32. The highest BCUT2D eigenvalue weighted by atomic mass is 16.4. The molecule has 19 heavy (non-hydrogen) atoms. The largest absolute Gasteiger partial charge is 0.481 e. The van der Waals surface area contributed by atoms with Crippen molar-refractivity contribution in [2.75, 3.05) is 0 Å². The van der Waals surface area contributed by atoms with E-state index >= 15 is 0 Å². The Morgan fingerprint density at radius 2 is 1.84 bits per heavy atom. The third-order valence-corrected chi connectivity index (χ3v) is 4.13. The summed E-state index contributed by atoms with van der Waals surface area (Å²) in [4.78, 5) is 23.6. The molecule has 0 bridgehead atoms. The van der Waals surface area contributed by atoms with Crippen LogP contribution in [0.3, 0.4) is 0 Å². The lowest BCUT2D eigenvalue weighted by Crippen LogP contribution is -2.28. The van der Waals surface area contributed by atoms with Crippen LogP contribution in [0, 0.1) is 5.92 Å². The Hall–Kier alpha value is -1.64. The first-order valence-electron chi connectivity index (χ1n) is 6.81. The molecule has 1 aliphatic rings. The fraction of sp³-hybridized carbons (Fsp3) is 0.500. The molecule has 1 fully saturated rings. The van der Waals surface area contributed by atoms with Gasteiger partial charge in [0.2, 0.25) is 0 Å². The minimum absolute atomic E-state index is 0.128. The van der Waals surface area contributed by atoms with Crippen LogP contribution in [0.1, 0.15) is 55.5 Å². The highest BCUT2D eigenvalue weighted by Gasteiger charge is 2.31. The van der Waals surface area contributed by atoms with Crippen molar-refractivity contribution in [3.63, 3.8) is 0 Å². The van der Waals surface area contributed by atoms with Crippen LogP contribution >= 0.6 is 0 Å². The van der Waals surface area contributed by atoms with Gasteiger partial charge in [-0.05, 0) is 38.3 Å². The Balaban J connectivity index is 2.29. The van der Waals surface area contributed by atoms with E-state index in [1.807, 2.05) is 0 Å². The Morgan fingerprint density at radius 1 is 1.21 bits per heavy atom. The molecule has 0 aliphatic heterocycles. The second-order valence-electron chi connectivity index (χ2n) is 5.86. The number of hydrogen-bond donors (Lipinski definition) is 1. The van der Waals surface area contributed by atoms with Crippen LogP contribution in [-0.2, 0) is 10.2 Å². The van der Waals surface area contributed by atoms with E-state index in [-0.39, 0.29) is 11.7 Å². The van der Waals surface area contributed by atoms with Gasteiger partial charge in [-0.15, -0.1) is 0 Å². The van der Waals surface area contributed by atoms with Gasteiger partial charge in [-0.25, -0.2) is 0 Å². The number of benzene rings is 1. The molecule has 0 unspecified atom stereocenters. The Morgan fingerprint density at radius 3 is 2.42 bits per heavy atom. The first-order valence-corrected chi connectivity index (χ1v) is 6.81. The van der Waals surface area contributed by atoms with Crippen LogP contribution in [0.2, 0.25) is 0 Å². The molecule has 1 N–H and O–H groups in total. The van der Waals surface area contributed by atoms with Gasteiger partial charge in [-0.2, -0.15) is 0 Å². The van der Waals surface area contributed by atoms with Crippen LogP contribution in [0.4, 0.5) is 0 Å². The quantitative estimate of drug-likeness (QED) is 0.844. The number of Topliss-reactive ketones (excluding diaryl/α,β-unsaturated/α-hetero) is 1. The zero-order valence-corrected chi connectivity index (χ0v) is 11.5. The summed E-state index contributed by atoms with van der Waals surface area (Å²) in [5.41, 5.74) is 0.369. The van der Waals surface area contributed by atoms with Crippen molar-refractivity contribution in [2.45, 2.75) is 44.9 Å². The topological polar surface area (TPSA) is 54.4 Å². The van der Waals surface area contributed by atoms with E-state index in [1.165, 1.54) is 0 Å². The van der Waals surface area contributed by atoms with Crippen molar-refractivity contribution in [3.8, 4) is 0 Å². The third kappa shape index (κ3) is 2.70. The molecule has 0 heterocycles. The zero-order valence-electron chi connectivity index (χ0n) is 11.5. The number of hydrogen-bond acceptors (Lipinski definition) is 2. The van der Waals surface area contributed by atoms with Crippen molar-refractivity contribution in [3.05, 3.63) is 35.4 Å². The van der Waals surface area contributed by atoms with Gasteiger partial charge in [-0.1, -0.05) is 31.0 Å². The third-order valence-electron chi connectivity index (χ3n) is 4.13. The van der Waals surface area contributed by atoms with E-state index in [4.69, 9.17) is 0 Å². The van der Waals surface area contributed by atoms with Crippen molar-refractivity contribution in [1.29, 1.82) is 0 Å². The number of carbonyl (C=O) groups is 2. The maximum Gasteiger partial charge on any atom is 0.313 e. The Labute approximate surface area is 113 Å². The smallest absolute Gasteiger partial charge is 0.313 e. The second kappa shape index (κ2) is 5.16. The fourth-order valence-electron chi connectivity index (χ4n) is 2.61. The van der Waals surface area contributed by atoms with Gasteiger partial charge in [0, 0.05) is 11.5 Å². The lowest BCUT2D eigenvalue weighted by molar-refractivity contribution is -0.142. The number of carbonyl (C=O) groups excluding carboxylic acids is 1. The molecular weight excluding hydrogens is 240 g/mol. The number of aliphatic carboxylic acids is 1. The highest BCUT2D eigenvalue weighted by molar-refractivity contribution is 5.98. The number of carboxylic acid groups (broad SMARTS) is 1. The first-order chi connectivity index (χ1) is 8.93. The van der Waals surface area contributed by atoms with Gasteiger partial charge in [0.1, 0.15) is 0 Å². The first kappa shape index (κ1) is 13.8. The van der Waals surface area contributed by atoms with Crippen molar-refractivity contribution in [1.82, 2.24) is 0 Å². The lowest BCUT2D eigenvalue weighted by atomic mass is 9.83. The maximum atomic E-state index is 12.3. The normalized spacial score (nSPS) is 16.5. The highest BCUT2D eigenvalue weighted by Crippen LogP contribution is 2.30. The number of ketones is 1. The Kier molecular flexibility index (Phi) is 3.74. The number of carboxylic acids is 1. The minimum Gasteiger partial charge on any atom is -0.481 e. The van der Waals surface area contributed by atoms with Gasteiger partial charge < -0.3 is 5.11 Å². The molecule has 0 atom stereocenters. The van der Waals surface area contributed by atoms with Gasteiger partial charge >= 0.3 is 5.97 Å². The average molecular weight is 260 g/mol. The van der Waals surface area contributed by atoms with E-state index in [2.05, 4.69) is 0 Å².